The molecular formula is C38H66N6O12. The first kappa shape index (κ1) is 51.7. The van der Waals surface area contributed by atoms with Gasteiger partial charge in [-0.2, -0.15) is 0 Å². The lowest BCUT2D eigenvalue weighted by atomic mass is 10.1. The van der Waals surface area contributed by atoms with Crippen LogP contribution < -0.4 is 16.0 Å². The van der Waals surface area contributed by atoms with Gasteiger partial charge < -0.3 is 44.4 Å². The van der Waals surface area contributed by atoms with Crippen molar-refractivity contribution in [3.05, 3.63) is 0 Å². The maximum Gasteiger partial charge on any atom is 0.328 e. The smallest absolute Gasteiger partial charge is 0.328 e. The number of methoxy groups -OCH3 is 1. The molecule has 3 amide bonds. The van der Waals surface area contributed by atoms with E-state index in [1.165, 1.54) is 48.7 Å². The molecule has 0 aromatic carbocycles. The fourth-order valence-corrected chi connectivity index (χ4v) is 4.51. The summed E-state index contributed by atoms with van der Waals surface area (Å²) >= 11 is 0. The number of rotatable bonds is 29. The second-order valence-corrected chi connectivity index (χ2v) is 13.1. The van der Waals surface area contributed by atoms with Crippen LogP contribution in [-0.4, -0.2) is 149 Å². The summed E-state index contributed by atoms with van der Waals surface area (Å²) < 4.78 is 31.1. The molecule has 3 N–H and O–H groups in total. The molecule has 18 nitrogen and oxygen atoms in total. The van der Waals surface area contributed by atoms with Crippen molar-refractivity contribution in [2.24, 2.45) is 15.0 Å². The molecule has 0 aliphatic carbocycles. The number of nitrogens with one attached hydrogen (secondary N) is 3. The first-order valence-corrected chi connectivity index (χ1v) is 19.2. The lowest BCUT2D eigenvalue weighted by Crippen LogP contribution is -2.45. The third kappa shape index (κ3) is 22.3. The van der Waals surface area contributed by atoms with Crippen molar-refractivity contribution in [2.75, 3.05) is 60.0 Å². The minimum atomic E-state index is -1.09. The molecule has 0 bridgehead atoms. The van der Waals surface area contributed by atoms with Gasteiger partial charge in [-0.25, -0.2) is 14.4 Å². The van der Waals surface area contributed by atoms with Crippen LogP contribution in [0.4, 0.5) is 0 Å². The largest absolute Gasteiger partial charge is 0.462 e. The number of hydrogen-bond acceptors (Lipinski definition) is 15. The first-order valence-electron chi connectivity index (χ1n) is 19.2. The average Bonchev–Trinajstić information content (AvgIpc) is 3.15. The fourth-order valence-electron chi connectivity index (χ4n) is 4.51. The van der Waals surface area contributed by atoms with Crippen molar-refractivity contribution in [3.63, 3.8) is 0 Å². The predicted octanol–water partition coefficient (Wildman–Crippen LogP) is 1.94. The summed E-state index contributed by atoms with van der Waals surface area (Å²) in [7, 11) is 1.46. The highest BCUT2D eigenvalue weighted by molar-refractivity contribution is 6.68. The van der Waals surface area contributed by atoms with Crippen LogP contribution in [0, 0.1) is 0 Å². The van der Waals surface area contributed by atoms with Crippen molar-refractivity contribution in [3.8, 4) is 0 Å². The van der Waals surface area contributed by atoms with Crippen LogP contribution >= 0.6 is 0 Å². The number of carbonyl (C=O) groups excluding carboxylic acids is 6. The van der Waals surface area contributed by atoms with E-state index < -0.39 is 71.9 Å². The Balaban J connectivity index is 6.02. The van der Waals surface area contributed by atoms with Crippen LogP contribution in [-0.2, 0) is 57.2 Å². The second-order valence-electron chi connectivity index (χ2n) is 13.1. The van der Waals surface area contributed by atoms with Crippen molar-refractivity contribution in [1.29, 1.82) is 0 Å². The summed E-state index contributed by atoms with van der Waals surface area (Å²) in [6, 6.07) is -6.10. The summed E-state index contributed by atoms with van der Waals surface area (Å²) in [5.41, 5.74) is 0.462. The highest BCUT2D eigenvalue weighted by atomic mass is 16.6. The zero-order valence-corrected chi connectivity index (χ0v) is 35.2. The molecule has 0 aliphatic rings. The number of nitrogens with zero attached hydrogens (tertiary/aromatic N) is 3. The Hall–Kier alpha value is -4.29. The van der Waals surface area contributed by atoms with E-state index in [4.69, 9.17) is 28.4 Å². The maximum atomic E-state index is 13.1. The Bertz CT molecular complexity index is 1340. The molecule has 0 aromatic rings. The number of aliphatic imine (C=N–C) groups is 3. The standard InChI is InChI=1S/C38H66N6O12/c1-12-14-15-17-53-20-23-56-38(50)31(10)43-34(46)27(6)40-25(4)32(41-28(7)35(47)44-29(8)36(48)54-21-18-51-11)24(3)39-26(5)33(45)42-30(9)37(49)55-22-19-52-16-13-2/h26-31H,12-23H2,1-11H3,(H,42,45)(H,43,46)(H,44,47). The van der Waals surface area contributed by atoms with E-state index >= 15 is 0 Å². The predicted molar refractivity (Wildman–Crippen MR) is 211 cm³/mol. The topological polar surface area (TPSA) is 231 Å². The molecule has 0 fully saturated rings. The summed E-state index contributed by atoms with van der Waals surface area (Å²) in [6.07, 6.45) is 3.87. The summed E-state index contributed by atoms with van der Waals surface area (Å²) in [5.74, 6) is -3.75. The maximum absolute atomic E-state index is 13.1. The number of esters is 3. The Morgan fingerprint density at radius 3 is 1.23 bits per heavy atom. The summed E-state index contributed by atoms with van der Waals surface area (Å²) in [5, 5.41) is 7.71. The second kappa shape index (κ2) is 29.9. The quantitative estimate of drug-likeness (QED) is 0.0427. The Kier molecular flexibility index (Phi) is 27.6. The SMILES string of the molecule is CCCCCOCCOC(=O)C(C)NC(=O)C(C)N=C(C)C(=NC(C)C(=O)NC(C)C(=O)OCCOC)C(C)=NC(C)C(=O)NC(C)C(=O)OCCOCCC. The lowest BCUT2D eigenvalue weighted by Gasteiger charge is -2.18. The van der Waals surface area contributed by atoms with Crippen LogP contribution in [0.1, 0.15) is 94.9 Å². The van der Waals surface area contributed by atoms with Crippen molar-refractivity contribution < 1.29 is 57.2 Å². The molecule has 0 spiro atoms. The van der Waals surface area contributed by atoms with E-state index in [9.17, 15) is 28.8 Å². The minimum Gasteiger partial charge on any atom is -0.462 e. The molecule has 320 valence electrons. The zero-order valence-electron chi connectivity index (χ0n) is 35.2. The molecule has 56 heavy (non-hydrogen) atoms. The van der Waals surface area contributed by atoms with Gasteiger partial charge in [0.2, 0.25) is 17.7 Å². The molecule has 6 atom stereocenters. The molecular weight excluding hydrogens is 732 g/mol. The van der Waals surface area contributed by atoms with Gasteiger partial charge in [0.1, 0.15) is 56.1 Å². The van der Waals surface area contributed by atoms with Crippen LogP contribution in [0.3, 0.4) is 0 Å². The normalized spacial score (nSPS) is 15.4. The van der Waals surface area contributed by atoms with Gasteiger partial charge >= 0.3 is 17.9 Å². The monoisotopic (exact) mass is 798 g/mol. The van der Waals surface area contributed by atoms with Gasteiger partial charge in [-0.15, -0.1) is 0 Å². The van der Waals surface area contributed by atoms with Gasteiger partial charge in [0.05, 0.1) is 37.0 Å². The molecule has 0 radical (unpaired) electrons. The number of unbranched alkanes of at least 4 members (excludes halogenated alkanes) is 2. The van der Waals surface area contributed by atoms with E-state index in [-0.39, 0.29) is 56.8 Å². The van der Waals surface area contributed by atoms with E-state index in [0.29, 0.717) is 13.2 Å². The van der Waals surface area contributed by atoms with Crippen molar-refractivity contribution >= 4 is 52.8 Å². The van der Waals surface area contributed by atoms with Gasteiger partial charge in [-0.05, 0) is 68.2 Å². The lowest BCUT2D eigenvalue weighted by molar-refractivity contribution is -0.149. The van der Waals surface area contributed by atoms with Crippen LogP contribution in [0.25, 0.3) is 0 Å². The fraction of sp³-hybridized carbons (Fsp3) is 0.763. The van der Waals surface area contributed by atoms with Crippen LogP contribution in [0.2, 0.25) is 0 Å². The van der Waals surface area contributed by atoms with Gasteiger partial charge in [0, 0.05) is 20.3 Å². The van der Waals surface area contributed by atoms with Crippen LogP contribution in [0.15, 0.2) is 15.0 Å². The van der Waals surface area contributed by atoms with Gasteiger partial charge in [0.15, 0.2) is 0 Å². The number of ether oxygens (including phenoxy) is 6. The molecule has 0 aromatic heterocycles. The highest BCUT2D eigenvalue weighted by Gasteiger charge is 2.25. The average molecular weight is 799 g/mol. The zero-order chi connectivity index (χ0) is 42.6. The molecule has 0 rings (SSSR count). The number of carbonyl (C=O) groups is 6. The molecule has 6 unspecified atom stereocenters. The minimum absolute atomic E-state index is 0.0122. The van der Waals surface area contributed by atoms with Gasteiger partial charge in [-0.1, -0.05) is 26.7 Å². The first-order chi connectivity index (χ1) is 26.5. The third-order valence-electron chi connectivity index (χ3n) is 7.77. The Morgan fingerprint density at radius 1 is 0.482 bits per heavy atom. The van der Waals surface area contributed by atoms with Crippen LogP contribution in [0.5, 0.6) is 0 Å². The molecule has 18 heteroatoms. The molecule has 0 aliphatic heterocycles. The van der Waals surface area contributed by atoms with Crippen molar-refractivity contribution in [1.82, 2.24) is 16.0 Å². The Morgan fingerprint density at radius 2 is 0.857 bits per heavy atom. The van der Waals surface area contributed by atoms with Crippen molar-refractivity contribution in [2.45, 2.75) is 131 Å². The van der Waals surface area contributed by atoms with Gasteiger partial charge in [0.25, 0.3) is 0 Å². The molecule has 0 saturated heterocycles. The molecule has 0 heterocycles. The Labute approximate surface area is 331 Å². The number of amides is 3. The van der Waals surface area contributed by atoms with E-state index in [0.717, 1.165) is 25.7 Å². The number of hydrogen-bond donors (Lipinski definition) is 3. The van der Waals surface area contributed by atoms with E-state index in [1.807, 2.05) is 6.92 Å². The highest BCUT2D eigenvalue weighted by Crippen LogP contribution is 2.05. The van der Waals surface area contributed by atoms with E-state index in [2.05, 4.69) is 37.9 Å². The van der Waals surface area contributed by atoms with Gasteiger partial charge in [-0.3, -0.25) is 29.4 Å². The molecule has 0 saturated carbocycles. The van der Waals surface area contributed by atoms with E-state index in [1.54, 1.807) is 13.8 Å². The summed E-state index contributed by atoms with van der Waals surface area (Å²) in [6.45, 7) is 17.9. The third-order valence-corrected chi connectivity index (χ3v) is 7.77. The summed E-state index contributed by atoms with van der Waals surface area (Å²) in [4.78, 5) is 89.8.